The van der Waals surface area contributed by atoms with E-state index in [1.807, 2.05) is 47.5 Å². The molecule has 0 bridgehead atoms. The quantitative estimate of drug-likeness (QED) is 0.504. The Balaban J connectivity index is 1.52. The highest BCUT2D eigenvalue weighted by Crippen LogP contribution is 2.33. The van der Waals surface area contributed by atoms with Gasteiger partial charge in [-0.2, -0.15) is 0 Å². The van der Waals surface area contributed by atoms with Crippen LogP contribution in [0.15, 0.2) is 60.2 Å². The first-order valence-corrected chi connectivity index (χ1v) is 10.7. The highest BCUT2D eigenvalue weighted by Gasteiger charge is 2.33. The molecule has 0 aliphatic heterocycles. The summed E-state index contributed by atoms with van der Waals surface area (Å²) in [7, 11) is 0. The molecule has 0 unspecified atom stereocenters. The second-order valence-electron chi connectivity index (χ2n) is 6.99. The maximum absolute atomic E-state index is 13.2. The van der Waals surface area contributed by atoms with Crippen LogP contribution in [0.5, 0.6) is 11.5 Å². The summed E-state index contributed by atoms with van der Waals surface area (Å²) >= 11 is 1.68. The number of rotatable bonds is 9. The Labute approximate surface area is 174 Å². The number of benzene rings is 1. The van der Waals surface area contributed by atoms with E-state index >= 15 is 0 Å². The Morgan fingerprint density at radius 2 is 2.07 bits per heavy atom. The molecule has 6 heteroatoms. The van der Waals surface area contributed by atoms with Crippen molar-refractivity contribution in [3.8, 4) is 11.5 Å². The van der Waals surface area contributed by atoms with E-state index in [4.69, 9.17) is 9.47 Å². The summed E-state index contributed by atoms with van der Waals surface area (Å²) in [6.07, 6.45) is 5.65. The molecule has 29 heavy (non-hydrogen) atoms. The molecule has 0 saturated heterocycles. The van der Waals surface area contributed by atoms with Crippen molar-refractivity contribution in [2.45, 2.75) is 39.0 Å². The Hall–Kier alpha value is -2.86. The summed E-state index contributed by atoms with van der Waals surface area (Å²) in [5.74, 6) is 1.26. The standard InChI is InChI=1S/C23H24N2O3S/c1-2-27-22-13-18(7-10-21(22)28-16-17-5-3-11-24-14-17)23(26)25(19-8-9-19)15-20-6-4-12-29-20/h3-7,10-14,19H,2,8-9,15-16H2,1H3. The van der Waals surface area contributed by atoms with Crippen LogP contribution >= 0.6 is 11.3 Å². The van der Waals surface area contributed by atoms with Crippen LogP contribution in [0, 0.1) is 0 Å². The second kappa shape index (κ2) is 9.09. The molecule has 4 rings (SSSR count). The molecule has 0 atom stereocenters. The number of hydrogen-bond donors (Lipinski definition) is 0. The van der Waals surface area contributed by atoms with Gasteiger partial charge >= 0.3 is 0 Å². The molecule has 5 nitrogen and oxygen atoms in total. The maximum atomic E-state index is 13.2. The number of nitrogens with zero attached hydrogens (tertiary/aromatic N) is 2. The number of ether oxygens (including phenoxy) is 2. The summed E-state index contributed by atoms with van der Waals surface area (Å²) in [5.41, 5.74) is 1.61. The first kappa shape index (κ1) is 19.5. The SMILES string of the molecule is CCOc1cc(C(=O)N(Cc2cccs2)C2CC2)ccc1OCc1cccnc1. The smallest absolute Gasteiger partial charge is 0.254 e. The Bertz CT molecular complexity index is 940. The highest BCUT2D eigenvalue weighted by molar-refractivity contribution is 7.09. The van der Waals surface area contributed by atoms with Gasteiger partial charge in [-0.3, -0.25) is 9.78 Å². The number of carbonyl (C=O) groups excluding carboxylic acids is 1. The molecule has 1 aromatic carbocycles. The molecule has 2 aromatic heterocycles. The van der Waals surface area contributed by atoms with Gasteiger partial charge < -0.3 is 14.4 Å². The molecule has 0 N–H and O–H groups in total. The zero-order valence-corrected chi connectivity index (χ0v) is 17.2. The summed E-state index contributed by atoms with van der Waals surface area (Å²) in [6.45, 7) is 3.48. The van der Waals surface area contributed by atoms with E-state index in [-0.39, 0.29) is 5.91 Å². The molecule has 0 radical (unpaired) electrons. The number of amides is 1. The van der Waals surface area contributed by atoms with E-state index in [9.17, 15) is 4.79 Å². The van der Waals surface area contributed by atoms with Crippen LogP contribution in [0.4, 0.5) is 0 Å². The van der Waals surface area contributed by atoms with Gasteiger partial charge in [-0.1, -0.05) is 12.1 Å². The van der Waals surface area contributed by atoms with Gasteiger partial charge in [0.2, 0.25) is 0 Å². The zero-order valence-electron chi connectivity index (χ0n) is 16.4. The third-order valence-corrected chi connectivity index (χ3v) is 5.62. The predicted molar refractivity (Wildman–Crippen MR) is 113 cm³/mol. The summed E-state index contributed by atoms with van der Waals surface area (Å²) in [6, 6.07) is 13.7. The summed E-state index contributed by atoms with van der Waals surface area (Å²) in [4.78, 5) is 20.5. The molecule has 3 aromatic rings. The third kappa shape index (κ3) is 4.95. The monoisotopic (exact) mass is 408 g/mol. The number of carbonyl (C=O) groups is 1. The van der Waals surface area contributed by atoms with Crippen molar-refractivity contribution in [1.29, 1.82) is 0 Å². The minimum absolute atomic E-state index is 0.0423. The predicted octanol–water partition coefficient (Wildman–Crippen LogP) is 4.93. The average molecular weight is 409 g/mol. The molecular formula is C23H24N2O3S. The van der Waals surface area contributed by atoms with Crippen LogP contribution in [0.25, 0.3) is 0 Å². The van der Waals surface area contributed by atoms with Crippen LogP contribution in [-0.4, -0.2) is 28.4 Å². The van der Waals surface area contributed by atoms with Gasteiger partial charge in [0.1, 0.15) is 6.61 Å². The van der Waals surface area contributed by atoms with Crippen molar-refractivity contribution in [3.63, 3.8) is 0 Å². The fourth-order valence-electron chi connectivity index (χ4n) is 3.16. The lowest BCUT2D eigenvalue weighted by molar-refractivity contribution is 0.0731. The number of aromatic nitrogens is 1. The van der Waals surface area contributed by atoms with Crippen LogP contribution in [0.2, 0.25) is 0 Å². The van der Waals surface area contributed by atoms with Crippen LogP contribution in [0.3, 0.4) is 0 Å². The Morgan fingerprint density at radius 1 is 1.17 bits per heavy atom. The van der Waals surface area contributed by atoms with Crippen molar-refractivity contribution in [2.75, 3.05) is 6.61 Å². The van der Waals surface area contributed by atoms with E-state index in [2.05, 4.69) is 11.1 Å². The van der Waals surface area contributed by atoms with Crippen LogP contribution in [-0.2, 0) is 13.2 Å². The largest absolute Gasteiger partial charge is 0.490 e. The van der Waals surface area contributed by atoms with E-state index < -0.39 is 0 Å². The minimum Gasteiger partial charge on any atom is -0.490 e. The normalized spacial score (nSPS) is 13.1. The van der Waals surface area contributed by atoms with Gasteiger partial charge in [0, 0.05) is 34.4 Å². The lowest BCUT2D eigenvalue weighted by Crippen LogP contribution is -2.32. The molecule has 150 valence electrons. The van der Waals surface area contributed by atoms with E-state index in [1.165, 1.54) is 4.88 Å². The average Bonchev–Trinajstić information content (AvgIpc) is 3.47. The number of pyridine rings is 1. The molecule has 1 aliphatic carbocycles. The van der Waals surface area contributed by atoms with Gasteiger partial charge in [-0.25, -0.2) is 0 Å². The second-order valence-corrected chi connectivity index (χ2v) is 8.02. The van der Waals surface area contributed by atoms with Crippen molar-refractivity contribution < 1.29 is 14.3 Å². The molecule has 1 saturated carbocycles. The van der Waals surface area contributed by atoms with Crippen molar-refractivity contribution in [1.82, 2.24) is 9.88 Å². The zero-order chi connectivity index (χ0) is 20.1. The lowest BCUT2D eigenvalue weighted by atomic mass is 10.1. The molecular weight excluding hydrogens is 384 g/mol. The summed E-state index contributed by atoms with van der Waals surface area (Å²) < 4.78 is 11.7. The molecule has 2 heterocycles. The van der Waals surface area contributed by atoms with Gasteiger partial charge in [-0.15, -0.1) is 11.3 Å². The van der Waals surface area contributed by atoms with Crippen molar-refractivity contribution in [3.05, 3.63) is 76.2 Å². The Kier molecular flexibility index (Phi) is 6.10. The van der Waals surface area contributed by atoms with Gasteiger partial charge in [0.05, 0.1) is 13.2 Å². The highest BCUT2D eigenvalue weighted by atomic mass is 32.1. The van der Waals surface area contributed by atoms with Crippen LogP contribution < -0.4 is 9.47 Å². The number of thiophene rings is 1. The van der Waals surface area contributed by atoms with Crippen molar-refractivity contribution in [2.24, 2.45) is 0 Å². The van der Waals surface area contributed by atoms with Gasteiger partial charge in [-0.05, 0) is 55.5 Å². The van der Waals surface area contributed by atoms with Crippen LogP contribution in [0.1, 0.15) is 40.6 Å². The molecule has 1 amide bonds. The number of hydrogen-bond acceptors (Lipinski definition) is 5. The fraction of sp³-hybridized carbons (Fsp3) is 0.304. The van der Waals surface area contributed by atoms with E-state index in [0.29, 0.717) is 42.9 Å². The van der Waals surface area contributed by atoms with Gasteiger partial charge in [0.25, 0.3) is 5.91 Å². The molecule has 1 fully saturated rings. The third-order valence-electron chi connectivity index (χ3n) is 4.76. The van der Waals surface area contributed by atoms with Gasteiger partial charge in [0.15, 0.2) is 11.5 Å². The van der Waals surface area contributed by atoms with E-state index in [1.54, 1.807) is 29.8 Å². The Morgan fingerprint density at radius 3 is 2.76 bits per heavy atom. The topological polar surface area (TPSA) is 51.7 Å². The minimum atomic E-state index is 0.0423. The first-order valence-electron chi connectivity index (χ1n) is 9.86. The fourth-order valence-corrected chi connectivity index (χ4v) is 3.87. The first-order chi connectivity index (χ1) is 14.2. The maximum Gasteiger partial charge on any atom is 0.254 e. The molecule has 1 aliphatic rings. The van der Waals surface area contributed by atoms with Crippen molar-refractivity contribution >= 4 is 17.2 Å². The van der Waals surface area contributed by atoms with E-state index in [0.717, 1.165) is 18.4 Å². The lowest BCUT2D eigenvalue weighted by Gasteiger charge is -2.22. The molecule has 0 spiro atoms. The summed E-state index contributed by atoms with van der Waals surface area (Å²) in [5, 5.41) is 2.05.